The molecule has 0 fully saturated rings. The Morgan fingerprint density at radius 3 is 3.00 bits per heavy atom. The molecule has 0 bridgehead atoms. The van der Waals surface area contributed by atoms with Gasteiger partial charge in [-0.25, -0.2) is 0 Å². The fourth-order valence-electron chi connectivity index (χ4n) is 1.71. The van der Waals surface area contributed by atoms with E-state index in [0.29, 0.717) is 0 Å². The molecule has 0 aliphatic heterocycles. The highest BCUT2D eigenvalue weighted by molar-refractivity contribution is 5.79. The van der Waals surface area contributed by atoms with Crippen molar-refractivity contribution in [3.05, 3.63) is 53.6 Å². The largest absolute Gasteiger partial charge is 0.0842 e. The maximum atomic E-state index is 2.30. The van der Waals surface area contributed by atoms with E-state index < -0.39 is 0 Å². The zero-order valence-corrected chi connectivity index (χ0v) is 7.96. The van der Waals surface area contributed by atoms with Crippen LogP contribution in [0.5, 0.6) is 0 Å². The molecule has 0 atom stereocenters. The molecule has 1 aliphatic carbocycles. The van der Waals surface area contributed by atoms with E-state index in [-0.39, 0.29) is 0 Å². The number of rotatable bonds is 2. The second kappa shape index (κ2) is 3.61. The first-order chi connectivity index (χ1) is 6.42. The maximum Gasteiger partial charge on any atom is -0.00821 e. The number of fused-ring (bicyclic) bond motifs is 1. The van der Waals surface area contributed by atoms with Crippen molar-refractivity contribution in [1.29, 1.82) is 0 Å². The molecule has 0 saturated heterocycles. The Morgan fingerprint density at radius 1 is 1.31 bits per heavy atom. The van der Waals surface area contributed by atoms with Crippen molar-refractivity contribution in [2.75, 3.05) is 0 Å². The Morgan fingerprint density at radius 2 is 2.15 bits per heavy atom. The number of hydrogen-bond donors (Lipinski definition) is 0. The molecule has 0 N–H and O–H groups in total. The molecular formula is C13H14. The van der Waals surface area contributed by atoms with Gasteiger partial charge in [0, 0.05) is 0 Å². The molecule has 0 unspecified atom stereocenters. The molecule has 0 saturated carbocycles. The third-order valence-corrected chi connectivity index (χ3v) is 2.40. The van der Waals surface area contributed by atoms with Gasteiger partial charge in [0.1, 0.15) is 0 Å². The van der Waals surface area contributed by atoms with E-state index in [2.05, 4.69) is 49.4 Å². The predicted octanol–water partition coefficient (Wildman–Crippen LogP) is 3.59. The van der Waals surface area contributed by atoms with Gasteiger partial charge < -0.3 is 0 Å². The molecule has 0 spiro atoms. The van der Waals surface area contributed by atoms with Gasteiger partial charge in [-0.1, -0.05) is 49.4 Å². The van der Waals surface area contributed by atoms with Crippen LogP contribution in [0.2, 0.25) is 0 Å². The van der Waals surface area contributed by atoms with Crippen LogP contribution in [-0.4, -0.2) is 0 Å². The van der Waals surface area contributed by atoms with Gasteiger partial charge in [-0.3, -0.25) is 0 Å². The molecule has 66 valence electrons. The van der Waals surface area contributed by atoms with Crippen LogP contribution in [0.3, 0.4) is 0 Å². The van der Waals surface area contributed by atoms with Crippen LogP contribution < -0.4 is 0 Å². The molecular weight excluding hydrogens is 156 g/mol. The molecule has 0 heterocycles. The summed E-state index contributed by atoms with van der Waals surface area (Å²) in [4.78, 5) is 0. The average Bonchev–Trinajstić information content (AvgIpc) is 2.58. The summed E-state index contributed by atoms with van der Waals surface area (Å²) in [5.41, 5.74) is 4.25. The minimum absolute atomic E-state index is 1.10. The molecule has 1 aromatic carbocycles. The highest BCUT2D eigenvalue weighted by Crippen LogP contribution is 2.27. The number of benzene rings is 1. The first-order valence-electron chi connectivity index (χ1n) is 4.87. The number of allylic oxidation sites excluding steroid dienone is 4. The molecule has 0 aromatic heterocycles. The second-order valence-electron chi connectivity index (χ2n) is 3.33. The zero-order chi connectivity index (χ0) is 9.10. The van der Waals surface area contributed by atoms with Gasteiger partial charge in [0.25, 0.3) is 0 Å². The van der Waals surface area contributed by atoms with E-state index in [1.807, 2.05) is 0 Å². The monoisotopic (exact) mass is 170 g/mol. The van der Waals surface area contributed by atoms with Gasteiger partial charge in [-0.2, -0.15) is 0 Å². The molecule has 13 heavy (non-hydrogen) atoms. The lowest BCUT2D eigenvalue weighted by Gasteiger charge is -1.99. The summed E-state index contributed by atoms with van der Waals surface area (Å²) in [6.07, 6.45) is 8.95. The van der Waals surface area contributed by atoms with E-state index in [9.17, 15) is 0 Å². The Labute approximate surface area is 79.6 Å². The summed E-state index contributed by atoms with van der Waals surface area (Å²) in [7, 11) is 0. The fraction of sp³-hybridized carbons (Fsp3) is 0.231. The summed E-state index contributed by atoms with van der Waals surface area (Å²) in [5.74, 6) is 0. The normalized spacial score (nSPS) is 14.7. The lowest BCUT2D eigenvalue weighted by molar-refractivity contribution is 1.23. The molecule has 1 aromatic rings. The standard InChI is InChI=1S/C13H14/c1-2-3-6-11-9-10-12-7-4-5-8-13(11)12/h3-9H,2,10H2,1H3. The van der Waals surface area contributed by atoms with Crippen molar-refractivity contribution in [2.45, 2.75) is 19.8 Å². The van der Waals surface area contributed by atoms with E-state index in [0.717, 1.165) is 12.8 Å². The summed E-state index contributed by atoms with van der Waals surface area (Å²) < 4.78 is 0. The smallest absolute Gasteiger partial charge is 0.00821 e. The Kier molecular flexibility index (Phi) is 2.31. The van der Waals surface area contributed by atoms with E-state index >= 15 is 0 Å². The van der Waals surface area contributed by atoms with Gasteiger partial charge in [-0.15, -0.1) is 0 Å². The quantitative estimate of drug-likeness (QED) is 0.636. The van der Waals surface area contributed by atoms with Gasteiger partial charge >= 0.3 is 0 Å². The lowest BCUT2D eigenvalue weighted by atomic mass is 10.1. The topological polar surface area (TPSA) is 0 Å². The molecule has 0 heteroatoms. The molecule has 0 amide bonds. The summed E-state index contributed by atoms with van der Waals surface area (Å²) >= 11 is 0. The zero-order valence-electron chi connectivity index (χ0n) is 7.96. The Hall–Kier alpha value is -1.30. The van der Waals surface area contributed by atoms with Crippen LogP contribution in [0.4, 0.5) is 0 Å². The Bertz CT molecular complexity index is 356. The summed E-state index contributed by atoms with van der Waals surface area (Å²) in [5, 5.41) is 0. The third-order valence-electron chi connectivity index (χ3n) is 2.40. The average molecular weight is 170 g/mol. The van der Waals surface area contributed by atoms with Crippen molar-refractivity contribution in [3.63, 3.8) is 0 Å². The highest BCUT2D eigenvalue weighted by atomic mass is 14.1. The van der Waals surface area contributed by atoms with Crippen molar-refractivity contribution >= 4 is 5.57 Å². The SMILES string of the molecule is CCC=CC1=CCc2ccccc21. The van der Waals surface area contributed by atoms with Crippen LogP contribution in [0.15, 0.2) is 42.5 Å². The minimum Gasteiger partial charge on any atom is -0.0842 e. The maximum absolute atomic E-state index is 2.30. The van der Waals surface area contributed by atoms with Gasteiger partial charge in [0.05, 0.1) is 0 Å². The number of hydrogen-bond acceptors (Lipinski definition) is 0. The lowest BCUT2D eigenvalue weighted by Crippen LogP contribution is -1.80. The fourth-order valence-corrected chi connectivity index (χ4v) is 1.71. The summed E-state index contributed by atoms with van der Waals surface area (Å²) in [6, 6.07) is 8.63. The van der Waals surface area contributed by atoms with Crippen LogP contribution in [0.25, 0.3) is 5.57 Å². The Balaban J connectivity index is 2.31. The van der Waals surface area contributed by atoms with Crippen LogP contribution >= 0.6 is 0 Å². The third kappa shape index (κ3) is 1.57. The van der Waals surface area contributed by atoms with Crippen molar-refractivity contribution in [2.24, 2.45) is 0 Å². The van der Waals surface area contributed by atoms with Gasteiger partial charge in [-0.05, 0) is 29.5 Å². The first kappa shape index (κ1) is 8.31. The minimum atomic E-state index is 1.10. The molecule has 2 rings (SSSR count). The van der Waals surface area contributed by atoms with Crippen LogP contribution in [0.1, 0.15) is 24.5 Å². The second-order valence-corrected chi connectivity index (χ2v) is 3.33. The van der Waals surface area contributed by atoms with E-state index in [1.165, 1.54) is 16.7 Å². The van der Waals surface area contributed by atoms with Crippen molar-refractivity contribution in [3.8, 4) is 0 Å². The van der Waals surface area contributed by atoms with Crippen molar-refractivity contribution in [1.82, 2.24) is 0 Å². The molecule has 0 radical (unpaired) electrons. The first-order valence-corrected chi connectivity index (χ1v) is 4.87. The van der Waals surface area contributed by atoms with E-state index in [4.69, 9.17) is 0 Å². The molecule has 1 aliphatic rings. The highest BCUT2D eigenvalue weighted by Gasteiger charge is 2.09. The van der Waals surface area contributed by atoms with E-state index in [1.54, 1.807) is 0 Å². The van der Waals surface area contributed by atoms with Gasteiger partial charge in [0.2, 0.25) is 0 Å². The molecule has 0 nitrogen and oxygen atoms in total. The predicted molar refractivity (Wildman–Crippen MR) is 57.6 cm³/mol. The van der Waals surface area contributed by atoms with Crippen LogP contribution in [-0.2, 0) is 6.42 Å². The van der Waals surface area contributed by atoms with Crippen LogP contribution in [0, 0.1) is 0 Å². The summed E-state index contributed by atoms with van der Waals surface area (Å²) in [6.45, 7) is 2.16. The van der Waals surface area contributed by atoms with Gasteiger partial charge in [0.15, 0.2) is 0 Å². The van der Waals surface area contributed by atoms with Crippen molar-refractivity contribution < 1.29 is 0 Å².